The van der Waals surface area contributed by atoms with E-state index in [1.54, 1.807) is 38.4 Å². The molecule has 2 aromatic heterocycles. The van der Waals surface area contributed by atoms with Crippen LogP contribution in [0, 0.1) is 13.8 Å². The lowest BCUT2D eigenvalue weighted by molar-refractivity contribution is 0.0845. The van der Waals surface area contributed by atoms with Crippen LogP contribution >= 0.6 is 0 Å². The first kappa shape index (κ1) is 17.5. The molecule has 0 saturated carbocycles. The fourth-order valence-electron chi connectivity index (χ4n) is 3.05. The average molecular weight is 374 g/mol. The molecule has 0 saturated heterocycles. The molecule has 0 spiro atoms. The van der Waals surface area contributed by atoms with Crippen molar-refractivity contribution in [2.75, 3.05) is 0 Å². The van der Waals surface area contributed by atoms with Gasteiger partial charge in [-0.2, -0.15) is 0 Å². The van der Waals surface area contributed by atoms with Gasteiger partial charge in [0.05, 0.1) is 16.6 Å². The van der Waals surface area contributed by atoms with Gasteiger partial charge in [-0.05, 0) is 56.3 Å². The number of fused-ring (bicyclic) bond motifs is 1. The molecule has 0 aliphatic rings. The summed E-state index contributed by atoms with van der Waals surface area (Å²) in [7, 11) is 0. The molecule has 0 aliphatic heterocycles. The first-order chi connectivity index (χ1) is 13.5. The standard InChI is InChI=1S/C21H18N4O3/c1-13-11-17(14(2)28-13)21(27)24-23-20(26)15-7-9-16(10-8-15)25-12-22-18-5-3-4-6-19(18)25/h3-12H,1-2H3,(H,23,26)(H,24,27). The van der Waals surface area contributed by atoms with Crippen molar-refractivity contribution in [2.24, 2.45) is 0 Å². The molecule has 140 valence electrons. The number of carbonyl (C=O) groups excluding carboxylic acids is 2. The maximum Gasteiger partial charge on any atom is 0.273 e. The number of rotatable bonds is 3. The van der Waals surface area contributed by atoms with Crippen LogP contribution in [0.4, 0.5) is 0 Å². The zero-order valence-corrected chi connectivity index (χ0v) is 15.4. The molecular weight excluding hydrogens is 356 g/mol. The van der Waals surface area contributed by atoms with Crippen LogP contribution in [0.25, 0.3) is 16.7 Å². The van der Waals surface area contributed by atoms with Crippen LogP contribution in [0.1, 0.15) is 32.2 Å². The number of imidazole rings is 1. The number of benzene rings is 2. The summed E-state index contributed by atoms with van der Waals surface area (Å²) in [6.45, 7) is 3.45. The van der Waals surface area contributed by atoms with E-state index in [0.717, 1.165) is 16.7 Å². The van der Waals surface area contributed by atoms with Gasteiger partial charge in [-0.15, -0.1) is 0 Å². The second kappa shape index (κ2) is 7.03. The first-order valence-corrected chi connectivity index (χ1v) is 8.73. The van der Waals surface area contributed by atoms with Crippen molar-refractivity contribution in [1.29, 1.82) is 0 Å². The van der Waals surface area contributed by atoms with E-state index in [9.17, 15) is 9.59 Å². The van der Waals surface area contributed by atoms with Crippen LogP contribution in [0.2, 0.25) is 0 Å². The lowest BCUT2D eigenvalue weighted by Crippen LogP contribution is -2.41. The first-order valence-electron chi connectivity index (χ1n) is 8.73. The molecule has 2 amide bonds. The zero-order valence-electron chi connectivity index (χ0n) is 15.4. The molecule has 2 N–H and O–H groups in total. The van der Waals surface area contributed by atoms with E-state index in [0.29, 0.717) is 22.6 Å². The molecule has 2 aromatic carbocycles. The van der Waals surface area contributed by atoms with Crippen molar-refractivity contribution < 1.29 is 14.0 Å². The highest BCUT2D eigenvalue weighted by Crippen LogP contribution is 2.18. The van der Waals surface area contributed by atoms with Gasteiger partial charge in [-0.25, -0.2) is 4.98 Å². The number of aryl methyl sites for hydroxylation is 2. The summed E-state index contributed by atoms with van der Waals surface area (Å²) in [6.07, 6.45) is 1.75. The van der Waals surface area contributed by atoms with Crippen molar-refractivity contribution in [3.05, 3.63) is 83.6 Å². The van der Waals surface area contributed by atoms with Gasteiger partial charge in [0.15, 0.2) is 0 Å². The smallest absolute Gasteiger partial charge is 0.273 e. The third kappa shape index (κ3) is 3.25. The third-order valence-electron chi connectivity index (χ3n) is 4.44. The topological polar surface area (TPSA) is 89.2 Å². The van der Waals surface area contributed by atoms with Gasteiger partial charge < -0.3 is 4.42 Å². The minimum absolute atomic E-state index is 0.389. The van der Waals surface area contributed by atoms with Crippen molar-refractivity contribution >= 4 is 22.8 Å². The predicted octanol–water partition coefficient (Wildman–Crippen LogP) is 3.31. The Bertz CT molecular complexity index is 1170. The largest absolute Gasteiger partial charge is 0.466 e. The monoisotopic (exact) mass is 374 g/mol. The predicted molar refractivity (Wildman–Crippen MR) is 104 cm³/mol. The van der Waals surface area contributed by atoms with E-state index in [2.05, 4.69) is 15.8 Å². The number of carbonyl (C=O) groups is 2. The Labute approximate surface area is 161 Å². The molecule has 0 bridgehead atoms. The van der Waals surface area contributed by atoms with Crippen LogP contribution in [-0.4, -0.2) is 21.4 Å². The van der Waals surface area contributed by atoms with Crippen LogP contribution in [-0.2, 0) is 0 Å². The summed E-state index contributed by atoms with van der Waals surface area (Å²) in [4.78, 5) is 28.8. The highest BCUT2D eigenvalue weighted by molar-refractivity contribution is 5.99. The third-order valence-corrected chi connectivity index (χ3v) is 4.44. The molecule has 2 heterocycles. The number of nitrogens with zero attached hydrogens (tertiary/aromatic N) is 2. The second-order valence-electron chi connectivity index (χ2n) is 6.39. The van der Waals surface area contributed by atoms with E-state index in [1.807, 2.05) is 41.0 Å². The van der Waals surface area contributed by atoms with Crippen LogP contribution in [0.3, 0.4) is 0 Å². The number of hydrogen-bond acceptors (Lipinski definition) is 4. The summed E-state index contributed by atoms with van der Waals surface area (Å²) in [6, 6.07) is 16.5. The number of hydrazine groups is 1. The minimum Gasteiger partial charge on any atom is -0.466 e. The van der Waals surface area contributed by atoms with Gasteiger partial charge in [0.2, 0.25) is 0 Å². The molecule has 4 aromatic rings. The summed E-state index contributed by atoms with van der Waals surface area (Å²) in [5.41, 5.74) is 8.41. The summed E-state index contributed by atoms with van der Waals surface area (Å²) >= 11 is 0. The molecule has 0 fully saturated rings. The summed E-state index contributed by atoms with van der Waals surface area (Å²) in [5, 5.41) is 0. The average Bonchev–Trinajstić information content (AvgIpc) is 3.28. The molecule has 0 unspecified atom stereocenters. The maximum atomic E-state index is 12.3. The molecular formula is C21H18N4O3. The van der Waals surface area contributed by atoms with Crippen molar-refractivity contribution in [1.82, 2.24) is 20.4 Å². The quantitative estimate of drug-likeness (QED) is 0.539. The SMILES string of the molecule is Cc1cc(C(=O)NNC(=O)c2ccc(-n3cnc4ccccc43)cc2)c(C)o1. The number of furan rings is 1. The van der Waals surface area contributed by atoms with Gasteiger partial charge in [0.25, 0.3) is 11.8 Å². The van der Waals surface area contributed by atoms with E-state index in [4.69, 9.17) is 4.42 Å². The molecule has 0 radical (unpaired) electrons. The Morgan fingerprint density at radius 1 is 0.964 bits per heavy atom. The summed E-state index contributed by atoms with van der Waals surface area (Å²) in [5.74, 6) is 0.301. The second-order valence-corrected chi connectivity index (χ2v) is 6.39. The number of para-hydroxylation sites is 2. The molecule has 4 rings (SSSR count). The normalized spacial score (nSPS) is 10.8. The molecule has 7 nitrogen and oxygen atoms in total. The number of amides is 2. The fraction of sp³-hybridized carbons (Fsp3) is 0.0952. The van der Waals surface area contributed by atoms with Gasteiger partial charge in [-0.3, -0.25) is 25.0 Å². The maximum absolute atomic E-state index is 12.3. The summed E-state index contributed by atoms with van der Waals surface area (Å²) < 4.78 is 7.27. The Morgan fingerprint density at radius 2 is 1.68 bits per heavy atom. The fourth-order valence-corrected chi connectivity index (χ4v) is 3.05. The zero-order chi connectivity index (χ0) is 19.7. The highest BCUT2D eigenvalue weighted by atomic mass is 16.3. The van der Waals surface area contributed by atoms with Crippen LogP contribution < -0.4 is 10.9 Å². The van der Waals surface area contributed by atoms with Gasteiger partial charge in [-0.1, -0.05) is 12.1 Å². The van der Waals surface area contributed by atoms with Crippen molar-refractivity contribution in [3.63, 3.8) is 0 Å². The van der Waals surface area contributed by atoms with E-state index >= 15 is 0 Å². The van der Waals surface area contributed by atoms with Crippen molar-refractivity contribution in [3.8, 4) is 5.69 Å². The van der Waals surface area contributed by atoms with Crippen molar-refractivity contribution in [2.45, 2.75) is 13.8 Å². The van der Waals surface area contributed by atoms with Gasteiger partial charge >= 0.3 is 0 Å². The number of nitrogens with one attached hydrogen (secondary N) is 2. The lowest BCUT2D eigenvalue weighted by atomic mass is 10.2. The molecule has 7 heteroatoms. The van der Waals surface area contributed by atoms with Gasteiger partial charge in [0, 0.05) is 11.3 Å². The Kier molecular flexibility index (Phi) is 4.41. The van der Waals surface area contributed by atoms with Crippen LogP contribution in [0.15, 0.2) is 65.3 Å². The molecule has 0 atom stereocenters. The molecule has 0 aliphatic carbocycles. The Balaban J connectivity index is 1.45. The Hall–Kier alpha value is -3.87. The van der Waals surface area contributed by atoms with E-state index < -0.39 is 11.8 Å². The van der Waals surface area contributed by atoms with Crippen LogP contribution in [0.5, 0.6) is 0 Å². The highest BCUT2D eigenvalue weighted by Gasteiger charge is 2.15. The van der Waals surface area contributed by atoms with E-state index in [-0.39, 0.29) is 0 Å². The Morgan fingerprint density at radius 3 is 2.39 bits per heavy atom. The minimum atomic E-state index is -0.427. The van der Waals surface area contributed by atoms with E-state index in [1.165, 1.54) is 0 Å². The number of hydrogen-bond donors (Lipinski definition) is 2. The lowest BCUT2D eigenvalue weighted by Gasteiger charge is -2.08. The molecule has 28 heavy (non-hydrogen) atoms. The number of aromatic nitrogens is 2. The van der Waals surface area contributed by atoms with Gasteiger partial charge in [0.1, 0.15) is 17.8 Å².